The van der Waals surface area contributed by atoms with E-state index < -0.39 is 28.0 Å². The van der Waals surface area contributed by atoms with Crippen LogP contribution in [0.15, 0.2) is 52.3 Å². The number of aromatic hydroxyl groups is 1. The Labute approximate surface area is 158 Å². The molecule has 0 fully saturated rings. The van der Waals surface area contributed by atoms with Crippen molar-refractivity contribution >= 4 is 27.3 Å². The molecule has 1 amide bonds. The predicted molar refractivity (Wildman–Crippen MR) is 92.4 cm³/mol. The molecule has 10 heteroatoms. The van der Waals surface area contributed by atoms with Crippen LogP contribution in [-0.2, 0) is 21.1 Å². The van der Waals surface area contributed by atoms with Crippen LogP contribution in [-0.4, -0.2) is 31.6 Å². The van der Waals surface area contributed by atoms with Crippen molar-refractivity contribution in [2.75, 3.05) is 0 Å². The van der Waals surface area contributed by atoms with Crippen molar-refractivity contribution < 1.29 is 31.5 Å². The van der Waals surface area contributed by atoms with Crippen LogP contribution in [0.2, 0.25) is 5.02 Å². The molecule has 0 radical (unpaired) electrons. The summed E-state index contributed by atoms with van der Waals surface area (Å²) in [5.74, 6) is -2.28. The zero-order chi connectivity index (χ0) is 20.4. The minimum Gasteiger partial charge on any atom is -0.506 e. The van der Waals surface area contributed by atoms with Crippen molar-refractivity contribution in [1.29, 1.82) is 0 Å². The van der Waals surface area contributed by atoms with Crippen molar-refractivity contribution in [3.8, 4) is 5.75 Å². The molecule has 0 saturated carbocycles. The summed E-state index contributed by atoms with van der Waals surface area (Å²) in [6, 6.07) is 8.21. The van der Waals surface area contributed by atoms with Gasteiger partial charge in [-0.3, -0.25) is 4.79 Å². The van der Waals surface area contributed by atoms with Crippen LogP contribution in [0.4, 0.5) is 13.2 Å². The number of alkyl halides is 3. The van der Waals surface area contributed by atoms with Crippen LogP contribution < -0.4 is 5.32 Å². The SMILES string of the molecule is C[C@H](Cc1ccc(S(=O)(=O)c2ccc(O)c(Cl)c2)cc1)NC(=O)C(F)(F)F. The summed E-state index contributed by atoms with van der Waals surface area (Å²) < 4.78 is 61.9. The highest BCUT2D eigenvalue weighted by atomic mass is 35.5. The fourth-order valence-electron chi connectivity index (χ4n) is 2.31. The molecule has 27 heavy (non-hydrogen) atoms. The largest absolute Gasteiger partial charge is 0.506 e. The van der Waals surface area contributed by atoms with Gasteiger partial charge in [0.05, 0.1) is 14.8 Å². The monoisotopic (exact) mass is 421 g/mol. The van der Waals surface area contributed by atoms with Crippen LogP contribution in [0.25, 0.3) is 0 Å². The van der Waals surface area contributed by atoms with Crippen molar-refractivity contribution in [2.45, 2.75) is 35.4 Å². The molecule has 2 N–H and O–H groups in total. The Morgan fingerprint density at radius 2 is 1.70 bits per heavy atom. The number of carbonyl (C=O) groups is 1. The number of rotatable bonds is 5. The minimum absolute atomic E-state index is 0.0417. The normalized spacial score (nSPS) is 13.2. The van der Waals surface area contributed by atoms with Gasteiger partial charge >= 0.3 is 12.1 Å². The second kappa shape index (κ2) is 7.77. The van der Waals surface area contributed by atoms with Gasteiger partial charge in [0, 0.05) is 6.04 Å². The van der Waals surface area contributed by atoms with Gasteiger partial charge in [-0.15, -0.1) is 0 Å². The lowest BCUT2D eigenvalue weighted by Gasteiger charge is -2.15. The van der Waals surface area contributed by atoms with Gasteiger partial charge in [-0.1, -0.05) is 23.7 Å². The van der Waals surface area contributed by atoms with E-state index in [1.807, 2.05) is 5.32 Å². The molecular weight excluding hydrogens is 407 g/mol. The molecule has 2 rings (SSSR count). The predicted octanol–water partition coefficient (Wildman–Crippen LogP) is 3.49. The first-order valence-corrected chi connectivity index (χ1v) is 9.47. The molecule has 0 spiro atoms. The molecule has 1 atom stereocenters. The minimum atomic E-state index is -4.96. The van der Waals surface area contributed by atoms with Crippen LogP contribution in [0.3, 0.4) is 0 Å². The molecule has 0 heterocycles. The molecule has 146 valence electrons. The molecule has 2 aromatic rings. The van der Waals surface area contributed by atoms with Crippen LogP contribution >= 0.6 is 11.6 Å². The van der Waals surface area contributed by atoms with Gasteiger partial charge in [0.15, 0.2) is 0 Å². The smallest absolute Gasteiger partial charge is 0.471 e. The second-order valence-electron chi connectivity index (χ2n) is 5.84. The number of phenols is 1. The number of amides is 1. The van der Waals surface area contributed by atoms with E-state index in [1.165, 1.54) is 37.3 Å². The molecule has 5 nitrogen and oxygen atoms in total. The molecule has 2 aromatic carbocycles. The number of halogens is 4. The first-order chi connectivity index (χ1) is 12.4. The molecule has 0 unspecified atom stereocenters. The molecule has 0 bridgehead atoms. The zero-order valence-corrected chi connectivity index (χ0v) is 15.5. The van der Waals surface area contributed by atoms with E-state index in [-0.39, 0.29) is 27.0 Å². The summed E-state index contributed by atoms with van der Waals surface area (Å²) in [4.78, 5) is 10.8. The lowest BCUT2D eigenvalue weighted by atomic mass is 10.1. The third kappa shape index (κ3) is 5.14. The number of sulfone groups is 1. The maximum absolute atomic E-state index is 12.6. The highest BCUT2D eigenvalue weighted by Crippen LogP contribution is 2.29. The van der Waals surface area contributed by atoms with Crippen molar-refractivity contribution in [1.82, 2.24) is 5.32 Å². The van der Waals surface area contributed by atoms with Crippen molar-refractivity contribution in [3.05, 3.63) is 53.1 Å². The molecule has 0 aliphatic heterocycles. The second-order valence-corrected chi connectivity index (χ2v) is 8.19. The van der Waals surface area contributed by atoms with Gasteiger partial charge in [-0.05, 0) is 49.2 Å². The summed E-state index contributed by atoms with van der Waals surface area (Å²) in [5.41, 5.74) is 0.549. The lowest BCUT2D eigenvalue weighted by molar-refractivity contribution is -0.174. The summed E-state index contributed by atoms with van der Waals surface area (Å²) in [6.45, 7) is 1.41. The van der Waals surface area contributed by atoms with Gasteiger partial charge in [0.1, 0.15) is 5.75 Å². The Balaban J connectivity index is 2.14. The fraction of sp³-hybridized carbons (Fsp3) is 0.235. The van der Waals surface area contributed by atoms with E-state index in [0.29, 0.717) is 5.56 Å². The van der Waals surface area contributed by atoms with Crippen LogP contribution in [0, 0.1) is 0 Å². The van der Waals surface area contributed by atoms with E-state index in [0.717, 1.165) is 12.1 Å². The van der Waals surface area contributed by atoms with Crippen LogP contribution in [0.5, 0.6) is 5.75 Å². The van der Waals surface area contributed by atoms with E-state index in [2.05, 4.69) is 0 Å². The standard InChI is InChI=1S/C17H15ClF3NO4S/c1-10(22-16(24)17(19,20)21)8-11-2-4-12(5-3-11)27(25,26)13-6-7-15(23)14(18)9-13/h2-7,9-10,23H,8H2,1H3,(H,22,24)/t10-/m1/s1. The lowest BCUT2D eigenvalue weighted by Crippen LogP contribution is -2.42. The van der Waals surface area contributed by atoms with Gasteiger partial charge < -0.3 is 10.4 Å². The highest BCUT2D eigenvalue weighted by molar-refractivity contribution is 7.91. The average Bonchev–Trinajstić information content (AvgIpc) is 2.56. The number of carbonyl (C=O) groups excluding carboxylic acids is 1. The third-order valence-electron chi connectivity index (χ3n) is 3.64. The van der Waals surface area contributed by atoms with Crippen LogP contribution in [0.1, 0.15) is 12.5 Å². The molecular formula is C17H15ClF3NO4S. The topological polar surface area (TPSA) is 83.5 Å². The van der Waals surface area contributed by atoms with Gasteiger partial charge in [0.25, 0.3) is 0 Å². The molecule has 0 aromatic heterocycles. The number of phenolic OH excluding ortho intramolecular Hbond substituents is 1. The number of hydrogen-bond acceptors (Lipinski definition) is 4. The average molecular weight is 422 g/mol. The number of nitrogens with one attached hydrogen (secondary N) is 1. The Hall–Kier alpha value is -2.26. The third-order valence-corrected chi connectivity index (χ3v) is 5.71. The maximum Gasteiger partial charge on any atom is 0.471 e. The molecule has 0 aliphatic carbocycles. The van der Waals surface area contributed by atoms with E-state index >= 15 is 0 Å². The Kier molecular flexibility index (Phi) is 6.06. The van der Waals surface area contributed by atoms with E-state index in [1.54, 1.807) is 0 Å². The van der Waals surface area contributed by atoms with E-state index in [4.69, 9.17) is 11.6 Å². The Morgan fingerprint density at radius 1 is 1.15 bits per heavy atom. The van der Waals surface area contributed by atoms with Crippen molar-refractivity contribution in [2.24, 2.45) is 0 Å². The number of hydrogen-bond donors (Lipinski definition) is 2. The quantitative estimate of drug-likeness (QED) is 0.774. The van der Waals surface area contributed by atoms with Crippen molar-refractivity contribution in [3.63, 3.8) is 0 Å². The Morgan fingerprint density at radius 3 is 2.22 bits per heavy atom. The summed E-state index contributed by atoms with van der Waals surface area (Å²) in [7, 11) is -3.88. The first kappa shape index (κ1) is 21.0. The summed E-state index contributed by atoms with van der Waals surface area (Å²) in [5, 5.41) is 11.1. The summed E-state index contributed by atoms with van der Waals surface area (Å²) in [6.07, 6.45) is -4.87. The van der Waals surface area contributed by atoms with Gasteiger partial charge in [0.2, 0.25) is 9.84 Å². The highest BCUT2D eigenvalue weighted by Gasteiger charge is 2.39. The van der Waals surface area contributed by atoms with Gasteiger partial charge in [-0.2, -0.15) is 13.2 Å². The summed E-state index contributed by atoms with van der Waals surface area (Å²) >= 11 is 5.73. The first-order valence-electron chi connectivity index (χ1n) is 7.61. The number of benzene rings is 2. The molecule has 0 saturated heterocycles. The fourth-order valence-corrected chi connectivity index (χ4v) is 3.84. The Bertz CT molecular complexity index is 944. The molecule has 0 aliphatic rings. The maximum atomic E-state index is 12.6. The van der Waals surface area contributed by atoms with Gasteiger partial charge in [-0.25, -0.2) is 8.42 Å². The van der Waals surface area contributed by atoms with E-state index in [9.17, 15) is 31.5 Å². The zero-order valence-electron chi connectivity index (χ0n) is 13.9.